The summed E-state index contributed by atoms with van der Waals surface area (Å²) < 4.78 is 0. The van der Waals surface area contributed by atoms with Crippen LogP contribution >= 0.6 is 0 Å². The largest absolute Gasteiger partial charge is 0.264 e. The molecule has 0 unspecified atom stereocenters. The molecule has 0 radical (unpaired) electrons. The van der Waals surface area contributed by atoms with Crippen molar-refractivity contribution in [2.45, 2.75) is 12.8 Å². The lowest BCUT2D eigenvalue weighted by Gasteiger charge is -2.21. The van der Waals surface area contributed by atoms with Crippen molar-refractivity contribution in [3.05, 3.63) is 198 Å². The van der Waals surface area contributed by atoms with E-state index in [1.54, 1.807) is 6.20 Å². The van der Waals surface area contributed by atoms with Crippen LogP contribution in [0.4, 0.5) is 0 Å². The van der Waals surface area contributed by atoms with E-state index in [9.17, 15) is 0 Å². The molecule has 1 aliphatic rings. The van der Waals surface area contributed by atoms with Crippen LogP contribution in [0.25, 0.3) is 89.4 Å². The smallest absolute Gasteiger partial charge is 0.160 e. The van der Waals surface area contributed by atoms with Gasteiger partial charge in [0.05, 0.1) is 11.4 Å². The van der Waals surface area contributed by atoms with Gasteiger partial charge in [0.2, 0.25) is 0 Å². The molecule has 3 heteroatoms. The van der Waals surface area contributed by atoms with Crippen LogP contribution < -0.4 is 10.4 Å². The van der Waals surface area contributed by atoms with E-state index in [1.165, 1.54) is 48.7 Å². The van der Waals surface area contributed by atoms with E-state index in [0.29, 0.717) is 5.82 Å². The van der Waals surface area contributed by atoms with Gasteiger partial charge in [-0.25, -0.2) is 9.97 Å². The molecular formula is C51H35N3. The Balaban J connectivity index is 1.16. The van der Waals surface area contributed by atoms with Crippen LogP contribution in [0, 0.1) is 0 Å². The van der Waals surface area contributed by atoms with Crippen molar-refractivity contribution in [2.24, 2.45) is 0 Å². The van der Waals surface area contributed by atoms with Crippen LogP contribution in [0.5, 0.6) is 0 Å². The molecule has 1 aliphatic carbocycles. The van der Waals surface area contributed by atoms with Gasteiger partial charge >= 0.3 is 0 Å². The maximum Gasteiger partial charge on any atom is 0.160 e. The Morgan fingerprint density at radius 3 is 1.69 bits per heavy atom. The van der Waals surface area contributed by atoms with E-state index in [2.05, 4.69) is 169 Å². The predicted octanol–water partition coefficient (Wildman–Crippen LogP) is 11.3. The van der Waals surface area contributed by atoms with Crippen molar-refractivity contribution in [1.29, 1.82) is 0 Å². The molecule has 3 nitrogen and oxygen atoms in total. The summed E-state index contributed by atoms with van der Waals surface area (Å²) in [7, 11) is 0. The first-order valence-electron chi connectivity index (χ1n) is 18.6. The fourth-order valence-electron chi connectivity index (χ4n) is 8.14. The summed E-state index contributed by atoms with van der Waals surface area (Å²) >= 11 is 0. The molecule has 0 amide bonds. The molecule has 54 heavy (non-hydrogen) atoms. The molecule has 9 aromatic rings. The summed E-state index contributed by atoms with van der Waals surface area (Å²) in [5.74, 6) is 0.695. The number of fused-ring (bicyclic) bond motifs is 3. The van der Waals surface area contributed by atoms with Gasteiger partial charge in [0.1, 0.15) is 0 Å². The summed E-state index contributed by atoms with van der Waals surface area (Å²) in [6, 6.07) is 60.6. The topological polar surface area (TPSA) is 38.7 Å². The minimum Gasteiger partial charge on any atom is -0.264 e. The summed E-state index contributed by atoms with van der Waals surface area (Å²) in [5.41, 5.74) is 12.2. The van der Waals surface area contributed by atoms with Crippen LogP contribution in [0.2, 0.25) is 0 Å². The Bertz CT molecular complexity index is 2910. The number of pyridine rings is 1. The average molecular weight is 690 g/mol. The van der Waals surface area contributed by atoms with Gasteiger partial charge in [-0.3, -0.25) is 4.98 Å². The molecule has 0 N–H and O–H groups in total. The van der Waals surface area contributed by atoms with Crippen LogP contribution in [-0.2, 0) is 0 Å². The first kappa shape index (κ1) is 31.7. The quantitative estimate of drug-likeness (QED) is 0.163. The van der Waals surface area contributed by atoms with Crippen molar-refractivity contribution in [3.8, 4) is 56.2 Å². The third-order valence-electron chi connectivity index (χ3n) is 10.7. The van der Waals surface area contributed by atoms with Crippen LogP contribution in [0.15, 0.2) is 182 Å². The summed E-state index contributed by atoms with van der Waals surface area (Å²) in [6.07, 6.45) is 8.13. The molecular weight excluding hydrogens is 655 g/mol. The molecule has 2 heterocycles. The summed E-state index contributed by atoms with van der Waals surface area (Å²) in [4.78, 5) is 14.7. The van der Waals surface area contributed by atoms with Gasteiger partial charge in [-0.05, 0) is 96.4 Å². The zero-order valence-electron chi connectivity index (χ0n) is 29.7. The predicted molar refractivity (Wildman–Crippen MR) is 224 cm³/mol. The van der Waals surface area contributed by atoms with Crippen molar-refractivity contribution in [2.75, 3.05) is 0 Å². The lowest BCUT2D eigenvalue weighted by Crippen LogP contribution is -2.29. The second-order valence-corrected chi connectivity index (χ2v) is 13.9. The van der Waals surface area contributed by atoms with Gasteiger partial charge in [-0.2, -0.15) is 0 Å². The Morgan fingerprint density at radius 2 is 0.981 bits per heavy atom. The number of aromatic nitrogens is 3. The van der Waals surface area contributed by atoms with Crippen molar-refractivity contribution >= 4 is 33.2 Å². The molecule has 2 aromatic heterocycles. The minimum absolute atomic E-state index is 0.695. The van der Waals surface area contributed by atoms with E-state index in [1.807, 2.05) is 18.3 Å². The maximum absolute atomic E-state index is 5.23. The lowest BCUT2D eigenvalue weighted by atomic mass is 9.83. The van der Waals surface area contributed by atoms with Crippen LogP contribution in [0.3, 0.4) is 0 Å². The fourth-order valence-corrected chi connectivity index (χ4v) is 8.14. The van der Waals surface area contributed by atoms with Gasteiger partial charge in [-0.1, -0.05) is 158 Å². The lowest BCUT2D eigenvalue weighted by molar-refractivity contribution is 1.08. The number of benzene rings is 7. The molecule has 0 aliphatic heterocycles. The first-order chi connectivity index (χ1) is 26.8. The van der Waals surface area contributed by atoms with Crippen LogP contribution in [0.1, 0.15) is 18.4 Å². The zero-order chi connectivity index (χ0) is 35.8. The second kappa shape index (κ2) is 13.5. The van der Waals surface area contributed by atoms with Crippen molar-refractivity contribution in [3.63, 3.8) is 0 Å². The first-order valence-corrected chi connectivity index (χ1v) is 18.6. The zero-order valence-corrected chi connectivity index (χ0v) is 29.7. The third-order valence-corrected chi connectivity index (χ3v) is 10.7. The molecule has 0 atom stereocenters. The Kier molecular flexibility index (Phi) is 7.96. The summed E-state index contributed by atoms with van der Waals surface area (Å²) in [6.45, 7) is 0. The highest BCUT2D eigenvalue weighted by atomic mass is 14.9. The Hall–Kier alpha value is -6.97. The molecule has 0 saturated carbocycles. The molecule has 0 fully saturated rings. The molecule has 7 aromatic carbocycles. The number of hydrogen-bond donors (Lipinski definition) is 0. The van der Waals surface area contributed by atoms with Gasteiger partial charge in [0.15, 0.2) is 5.82 Å². The molecule has 0 saturated heterocycles. The van der Waals surface area contributed by atoms with Crippen LogP contribution in [-0.4, -0.2) is 15.0 Å². The van der Waals surface area contributed by atoms with E-state index < -0.39 is 0 Å². The van der Waals surface area contributed by atoms with Crippen molar-refractivity contribution < 1.29 is 0 Å². The highest BCUT2D eigenvalue weighted by Crippen LogP contribution is 2.43. The second-order valence-electron chi connectivity index (χ2n) is 13.9. The molecule has 10 rings (SSSR count). The Morgan fingerprint density at radius 1 is 0.407 bits per heavy atom. The SMILES string of the molecule is C1=c2ccccc2=C(c2c3ccccc3c(-c3cccc(-c4nc(-c5ccccc5)cc(-c5ccc(-c6cccnc6)cc5)n4)c3)c3ccccc23)CC1. The third kappa shape index (κ3) is 5.67. The standard InChI is InChI=1S/C51H35N3/c1-2-14-36(15-3-1)47-32-48(37-28-26-34(27-29-37)40-19-12-30-52-33-40)54-51(53-47)39-18-10-17-38(31-39)49-43-21-6-8-23-45(43)50(46-24-9-7-22-44(46)49)42-25-11-16-35-13-4-5-20-41(35)42/h1-10,12-24,26-33H,11,25H2. The van der Waals surface area contributed by atoms with E-state index in [4.69, 9.17) is 9.97 Å². The highest BCUT2D eigenvalue weighted by Gasteiger charge is 2.20. The summed E-state index contributed by atoms with van der Waals surface area (Å²) in [5, 5.41) is 7.72. The monoisotopic (exact) mass is 689 g/mol. The highest BCUT2D eigenvalue weighted by molar-refractivity contribution is 6.18. The van der Waals surface area contributed by atoms with Crippen molar-refractivity contribution in [1.82, 2.24) is 15.0 Å². The number of hydrogen-bond acceptors (Lipinski definition) is 3. The normalized spacial score (nSPS) is 12.4. The molecule has 0 spiro atoms. The van der Waals surface area contributed by atoms with E-state index in [-0.39, 0.29) is 0 Å². The number of nitrogens with zero attached hydrogens (tertiary/aromatic N) is 3. The van der Waals surface area contributed by atoms with Gasteiger partial charge in [0.25, 0.3) is 0 Å². The number of rotatable bonds is 6. The maximum atomic E-state index is 5.23. The van der Waals surface area contributed by atoms with Gasteiger partial charge in [-0.15, -0.1) is 0 Å². The Labute approximate surface area is 314 Å². The minimum atomic E-state index is 0.695. The van der Waals surface area contributed by atoms with E-state index in [0.717, 1.165) is 57.6 Å². The molecule has 254 valence electrons. The van der Waals surface area contributed by atoms with Gasteiger partial charge in [0, 0.05) is 29.1 Å². The van der Waals surface area contributed by atoms with Gasteiger partial charge < -0.3 is 0 Å². The molecule has 0 bridgehead atoms. The van der Waals surface area contributed by atoms with E-state index >= 15 is 0 Å². The fraction of sp³-hybridized carbons (Fsp3) is 0.0392. The average Bonchev–Trinajstić information content (AvgIpc) is 3.26.